The number of hydrogen-bond donors (Lipinski definition) is 0. The van der Waals surface area contributed by atoms with E-state index in [9.17, 15) is 4.79 Å². The average molecular weight is 227 g/mol. The minimum absolute atomic E-state index is 0.108. The highest BCUT2D eigenvalue weighted by molar-refractivity contribution is 5.68. The van der Waals surface area contributed by atoms with Gasteiger partial charge in [0.15, 0.2) is 0 Å². The van der Waals surface area contributed by atoms with Gasteiger partial charge in [-0.25, -0.2) is 4.79 Å². The molecule has 1 fully saturated rings. The first-order valence-corrected chi connectivity index (χ1v) is 6.73. The Labute approximate surface area is 99.1 Å². The van der Waals surface area contributed by atoms with Crippen LogP contribution in [0.1, 0.15) is 58.8 Å². The average Bonchev–Trinajstić information content (AvgIpc) is 2.30. The minimum atomic E-state index is -0.108. The Kier molecular flexibility index (Phi) is 6.27. The molecule has 1 aliphatic heterocycles. The van der Waals surface area contributed by atoms with Crippen LogP contribution >= 0.6 is 0 Å². The molecular formula is C13H25NO2. The van der Waals surface area contributed by atoms with Gasteiger partial charge in [-0.15, -0.1) is 0 Å². The van der Waals surface area contributed by atoms with E-state index < -0.39 is 0 Å². The van der Waals surface area contributed by atoms with E-state index in [1.807, 2.05) is 11.8 Å². The molecule has 1 atom stereocenters. The lowest BCUT2D eigenvalue weighted by atomic mass is 9.97. The zero-order chi connectivity index (χ0) is 11.8. The maximum Gasteiger partial charge on any atom is 0.409 e. The van der Waals surface area contributed by atoms with E-state index in [4.69, 9.17) is 4.74 Å². The molecule has 0 aromatic heterocycles. The van der Waals surface area contributed by atoms with Crippen LogP contribution in [0.3, 0.4) is 0 Å². The summed E-state index contributed by atoms with van der Waals surface area (Å²) in [5, 5.41) is 0. The van der Waals surface area contributed by atoms with Gasteiger partial charge in [0, 0.05) is 12.6 Å². The van der Waals surface area contributed by atoms with Crippen molar-refractivity contribution in [3.05, 3.63) is 0 Å². The highest BCUT2D eigenvalue weighted by atomic mass is 16.6. The van der Waals surface area contributed by atoms with Gasteiger partial charge in [0.1, 0.15) is 0 Å². The van der Waals surface area contributed by atoms with Crippen molar-refractivity contribution in [1.29, 1.82) is 0 Å². The van der Waals surface area contributed by atoms with E-state index in [1.54, 1.807) is 0 Å². The maximum atomic E-state index is 11.7. The molecule has 0 N–H and O–H groups in total. The van der Waals surface area contributed by atoms with Gasteiger partial charge in [0.05, 0.1) is 6.61 Å². The molecule has 0 unspecified atom stereocenters. The summed E-state index contributed by atoms with van der Waals surface area (Å²) in [4.78, 5) is 13.7. The molecular weight excluding hydrogens is 202 g/mol. The smallest absolute Gasteiger partial charge is 0.409 e. The van der Waals surface area contributed by atoms with Gasteiger partial charge in [-0.3, -0.25) is 0 Å². The van der Waals surface area contributed by atoms with Crippen molar-refractivity contribution in [3.8, 4) is 0 Å². The second kappa shape index (κ2) is 7.53. The van der Waals surface area contributed by atoms with E-state index in [2.05, 4.69) is 6.92 Å². The number of nitrogens with zero attached hydrogens (tertiary/aromatic N) is 1. The quantitative estimate of drug-likeness (QED) is 0.672. The molecule has 0 saturated carbocycles. The first kappa shape index (κ1) is 13.3. The summed E-state index contributed by atoms with van der Waals surface area (Å²) in [5.74, 6) is 0. The number of carbonyl (C=O) groups excluding carboxylic acids is 1. The van der Waals surface area contributed by atoms with Crippen LogP contribution < -0.4 is 0 Å². The Hall–Kier alpha value is -0.730. The second-order valence-electron chi connectivity index (χ2n) is 4.54. The molecule has 1 saturated heterocycles. The van der Waals surface area contributed by atoms with Crippen LogP contribution in [-0.2, 0) is 4.74 Å². The summed E-state index contributed by atoms with van der Waals surface area (Å²) in [7, 11) is 0. The maximum absolute atomic E-state index is 11.7. The molecule has 94 valence electrons. The second-order valence-corrected chi connectivity index (χ2v) is 4.54. The fraction of sp³-hybridized carbons (Fsp3) is 0.923. The molecule has 1 amide bonds. The topological polar surface area (TPSA) is 29.5 Å². The van der Waals surface area contributed by atoms with Crippen LogP contribution in [0, 0.1) is 0 Å². The van der Waals surface area contributed by atoms with Crippen molar-refractivity contribution >= 4 is 6.09 Å². The Bertz CT molecular complexity index is 206. The third-order valence-electron chi connectivity index (χ3n) is 3.27. The Morgan fingerprint density at radius 1 is 1.31 bits per heavy atom. The summed E-state index contributed by atoms with van der Waals surface area (Å²) in [5.41, 5.74) is 0. The van der Waals surface area contributed by atoms with Crippen LogP contribution in [0.25, 0.3) is 0 Å². The first-order valence-electron chi connectivity index (χ1n) is 6.73. The number of rotatable bonds is 5. The zero-order valence-corrected chi connectivity index (χ0v) is 10.7. The van der Waals surface area contributed by atoms with Gasteiger partial charge >= 0.3 is 6.09 Å². The number of ether oxygens (including phenoxy) is 1. The number of unbranched alkanes of at least 4 members (excludes halogenated alkanes) is 2. The summed E-state index contributed by atoms with van der Waals surface area (Å²) in [6.45, 7) is 5.45. The summed E-state index contributed by atoms with van der Waals surface area (Å²) in [6, 6.07) is 0.430. The van der Waals surface area contributed by atoms with Gasteiger partial charge in [-0.05, 0) is 32.6 Å². The lowest BCUT2D eigenvalue weighted by molar-refractivity contribution is 0.0738. The fourth-order valence-electron chi connectivity index (χ4n) is 2.38. The molecule has 0 aromatic rings. The molecule has 16 heavy (non-hydrogen) atoms. The highest BCUT2D eigenvalue weighted by Crippen LogP contribution is 2.22. The van der Waals surface area contributed by atoms with Gasteiger partial charge < -0.3 is 9.64 Å². The Morgan fingerprint density at radius 3 is 2.81 bits per heavy atom. The lowest BCUT2D eigenvalue weighted by Gasteiger charge is -2.34. The molecule has 3 heteroatoms. The van der Waals surface area contributed by atoms with E-state index in [0.717, 1.165) is 25.8 Å². The van der Waals surface area contributed by atoms with Gasteiger partial charge in [-0.2, -0.15) is 0 Å². The molecule has 1 rings (SSSR count). The van der Waals surface area contributed by atoms with E-state index in [0.29, 0.717) is 12.6 Å². The molecule has 3 nitrogen and oxygen atoms in total. The van der Waals surface area contributed by atoms with Crippen molar-refractivity contribution < 1.29 is 9.53 Å². The molecule has 1 heterocycles. The van der Waals surface area contributed by atoms with Crippen LogP contribution in [0.2, 0.25) is 0 Å². The molecule has 0 spiro atoms. The van der Waals surface area contributed by atoms with Gasteiger partial charge in [0.2, 0.25) is 0 Å². The largest absolute Gasteiger partial charge is 0.450 e. The third kappa shape index (κ3) is 4.03. The number of amides is 1. The van der Waals surface area contributed by atoms with Crippen LogP contribution in [0.5, 0.6) is 0 Å². The predicted octanol–water partition coefficient (Wildman–Crippen LogP) is 3.58. The van der Waals surface area contributed by atoms with E-state index in [1.165, 1.54) is 25.7 Å². The van der Waals surface area contributed by atoms with Crippen molar-refractivity contribution in [1.82, 2.24) is 4.90 Å². The first-order chi connectivity index (χ1) is 7.79. The molecule has 0 bridgehead atoms. The molecule has 1 aliphatic rings. The van der Waals surface area contributed by atoms with Crippen LogP contribution in [0.4, 0.5) is 4.79 Å². The SMILES string of the molecule is CCCCC[C@H]1CCCCN1C(=O)OCC. The highest BCUT2D eigenvalue weighted by Gasteiger charge is 2.26. The minimum Gasteiger partial charge on any atom is -0.450 e. The Morgan fingerprint density at radius 2 is 2.12 bits per heavy atom. The van der Waals surface area contributed by atoms with Crippen molar-refractivity contribution in [2.45, 2.75) is 64.8 Å². The molecule has 0 aliphatic carbocycles. The standard InChI is InChI=1S/C13H25NO2/c1-3-5-6-9-12-10-7-8-11-14(12)13(15)16-4-2/h12H,3-11H2,1-2H3/t12-/m0/s1. The van der Waals surface area contributed by atoms with E-state index in [-0.39, 0.29) is 6.09 Å². The number of hydrogen-bond acceptors (Lipinski definition) is 2. The lowest BCUT2D eigenvalue weighted by Crippen LogP contribution is -2.44. The van der Waals surface area contributed by atoms with Gasteiger partial charge in [0.25, 0.3) is 0 Å². The summed E-state index contributed by atoms with van der Waals surface area (Å²) >= 11 is 0. The van der Waals surface area contributed by atoms with Crippen molar-refractivity contribution in [3.63, 3.8) is 0 Å². The summed E-state index contributed by atoms with van der Waals surface area (Å²) in [6.07, 6.45) is 8.32. The number of carbonyl (C=O) groups is 1. The third-order valence-corrected chi connectivity index (χ3v) is 3.27. The zero-order valence-electron chi connectivity index (χ0n) is 10.7. The van der Waals surface area contributed by atoms with Crippen molar-refractivity contribution in [2.75, 3.05) is 13.2 Å². The van der Waals surface area contributed by atoms with E-state index >= 15 is 0 Å². The molecule has 0 aromatic carbocycles. The normalized spacial score (nSPS) is 20.9. The van der Waals surface area contributed by atoms with Crippen LogP contribution in [-0.4, -0.2) is 30.2 Å². The van der Waals surface area contributed by atoms with Gasteiger partial charge in [-0.1, -0.05) is 26.2 Å². The fourth-order valence-corrected chi connectivity index (χ4v) is 2.38. The number of likely N-dealkylation sites (tertiary alicyclic amines) is 1. The van der Waals surface area contributed by atoms with Crippen LogP contribution in [0.15, 0.2) is 0 Å². The predicted molar refractivity (Wildman–Crippen MR) is 65.5 cm³/mol. The number of piperidine rings is 1. The summed E-state index contributed by atoms with van der Waals surface area (Å²) < 4.78 is 5.10. The molecule has 0 radical (unpaired) electrons. The monoisotopic (exact) mass is 227 g/mol. The van der Waals surface area contributed by atoms with Crippen molar-refractivity contribution in [2.24, 2.45) is 0 Å². The Balaban J connectivity index is 2.40.